The number of hydrogen-bond acceptors (Lipinski definition) is 2. The summed E-state index contributed by atoms with van der Waals surface area (Å²) >= 11 is 4.27. The molecule has 3 nitrogen and oxygen atoms in total. The molecule has 0 aliphatic heterocycles. The molecule has 1 N–H and O–H groups in total. The summed E-state index contributed by atoms with van der Waals surface area (Å²) in [4.78, 5) is 10.9. The summed E-state index contributed by atoms with van der Waals surface area (Å²) in [6.07, 6.45) is 0. The molecule has 1 aromatic carbocycles. The monoisotopic (exact) mass is 235 g/mol. The maximum absolute atomic E-state index is 10.9. The zero-order valence-electron chi connectivity index (χ0n) is 8.97. The SMILES string of the molecule is CCn1c(CS)cc2ccc(C(=O)O)cc21. The van der Waals surface area contributed by atoms with Crippen LogP contribution in [0.3, 0.4) is 0 Å². The Labute approximate surface area is 99.1 Å². The smallest absolute Gasteiger partial charge is 0.335 e. The Kier molecular flexibility index (Phi) is 2.92. The van der Waals surface area contributed by atoms with E-state index in [-0.39, 0.29) is 0 Å². The van der Waals surface area contributed by atoms with Crippen LogP contribution in [0.4, 0.5) is 0 Å². The number of rotatable bonds is 3. The second-order valence-electron chi connectivity index (χ2n) is 3.62. The maximum Gasteiger partial charge on any atom is 0.335 e. The van der Waals surface area contributed by atoms with E-state index in [9.17, 15) is 4.79 Å². The lowest BCUT2D eigenvalue weighted by Crippen LogP contribution is -2.00. The molecule has 0 saturated carbocycles. The number of aryl methyl sites for hydroxylation is 1. The summed E-state index contributed by atoms with van der Waals surface area (Å²) in [7, 11) is 0. The second-order valence-corrected chi connectivity index (χ2v) is 3.93. The molecule has 0 spiro atoms. The van der Waals surface area contributed by atoms with Crippen molar-refractivity contribution in [2.45, 2.75) is 19.2 Å². The van der Waals surface area contributed by atoms with Crippen LogP contribution in [0.25, 0.3) is 10.9 Å². The van der Waals surface area contributed by atoms with E-state index in [1.54, 1.807) is 12.1 Å². The topological polar surface area (TPSA) is 42.2 Å². The minimum Gasteiger partial charge on any atom is -0.478 e. The third kappa shape index (κ3) is 1.69. The van der Waals surface area contributed by atoms with Gasteiger partial charge in [0.05, 0.1) is 5.56 Å². The Bertz CT molecular complexity index is 545. The van der Waals surface area contributed by atoms with E-state index in [0.29, 0.717) is 11.3 Å². The van der Waals surface area contributed by atoms with Gasteiger partial charge in [-0.3, -0.25) is 0 Å². The molecule has 0 fully saturated rings. The summed E-state index contributed by atoms with van der Waals surface area (Å²) in [6.45, 7) is 2.86. The summed E-state index contributed by atoms with van der Waals surface area (Å²) in [5.74, 6) is -0.233. The Hall–Kier alpha value is -1.42. The molecule has 0 atom stereocenters. The molecular weight excluding hydrogens is 222 g/mol. The zero-order chi connectivity index (χ0) is 11.7. The minimum absolute atomic E-state index is 0.325. The number of aromatic carboxylic acids is 1. The van der Waals surface area contributed by atoms with Crippen molar-refractivity contribution in [3.05, 3.63) is 35.5 Å². The quantitative estimate of drug-likeness (QED) is 0.803. The van der Waals surface area contributed by atoms with Gasteiger partial charge in [-0.25, -0.2) is 4.79 Å². The molecule has 2 aromatic rings. The molecule has 16 heavy (non-hydrogen) atoms. The van der Waals surface area contributed by atoms with Crippen molar-refractivity contribution in [2.75, 3.05) is 0 Å². The van der Waals surface area contributed by atoms with Gasteiger partial charge in [-0.2, -0.15) is 12.6 Å². The standard InChI is InChI=1S/C12H13NO2S/c1-2-13-10(7-16)5-8-3-4-9(12(14)15)6-11(8)13/h3-6,16H,2,7H2,1H3,(H,14,15). The summed E-state index contributed by atoms with van der Waals surface area (Å²) in [6, 6.07) is 7.25. The molecule has 0 amide bonds. The summed E-state index contributed by atoms with van der Waals surface area (Å²) in [5.41, 5.74) is 2.40. The Morgan fingerprint density at radius 3 is 2.75 bits per heavy atom. The van der Waals surface area contributed by atoms with Gasteiger partial charge < -0.3 is 9.67 Å². The van der Waals surface area contributed by atoms with Crippen molar-refractivity contribution in [3.8, 4) is 0 Å². The number of nitrogens with zero attached hydrogens (tertiary/aromatic N) is 1. The number of thiol groups is 1. The molecule has 0 saturated heterocycles. The Morgan fingerprint density at radius 1 is 1.44 bits per heavy atom. The van der Waals surface area contributed by atoms with Gasteiger partial charge >= 0.3 is 5.97 Å². The minimum atomic E-state index is -0.891. The van der Waals surface area contributed by atoms with E-state index in [4.69, 9.17) is 5.11 Å². The molecule has 0 bridgehead atoms. The van der Waals surface area contributed by atoms with Crippen LogP contribution < -0.4 is 0 Å². The first-order valence-electron chi connectivity index (χ1n) is 5.13. The Morgan fingerprint density at radius 2 is 2.19 bits per heavy atom. The van der Waals surface area contributed by atoms with E-state index >= 15 is 0 Å². The van der Waals surface area contributed by atoms with E-state index in [0.717, 1.165) is 23.1 Å². The van der Waals surface area contributed by atoms with Gasteiger partial charge in [-0.1, -0.05) is 6.07 Å². The lowest BCUT2D eigenvalue weighted by molar-refractivity contribution is 0.0697. The molecule has 4 heteroatoms. The number of carboxylic acids is 1. The van der Waals surface area contributed by atoms with Gasteiger partial charge in [-0.15, -0.1) is 0 Å². The molecule has 1 aromatic heterocycles. The summed E-state index contributed by atoms with van der Waals surface area (Å²) < 4.78 is 2.09. The maximum atomic E-state index is 10.9. The second kappa shape index (κ2) is 4.22. The predicted octanol–water partition coefficient (Wildman–Crippen LogP) is 2.79. The number of carbonyl (C=O) groups is 1. The van der Waals surface area contributed by atoms with Crippen molar-refractivity contribution >= 4 is 29.5 Å². The van der Waals surface area contributed by atoms with Crippen LogP contribution in [0, 0.1) is 0 Å². The van der Waals surface area contributed by atoms with Crippen molar-refractivity contribution in [1.29, 1.82) is 0 Å². The van der Waals surface area contributed by atoms with E-state index in [2.05, 4.69) is 23.3 Å². The Balaban J connectivity index is 2.70. The van der Waals surface area contributed by atoms with E-state index in [1.807, 2.05) is 13.0 Å². The fraction of sp³-hybridized carbons (Fsp3) is 0.250. The average molecular weight is 235 g/mol. The number of fused-ring (bicyclic) bond motifs is 1. The fourth-order valence-corrected chi connectivity index (χ4v) is 2.21. The van der Waals surface area contributed by atoms with Gasteiger partial charge in [-0.05, 0) is 30.5 Å². The van der Waals surface area contributed by atoms with Crippen LogP contribution >= 0.6 is 12.6 Å². The predicted molar refractivity (Wildman–Crippen MR) is 67.3 cm³/mol. The lowest BCUT2D eigenvalue weighted by Gasteiger charge is -2.05. The van der Waals surface area contributed by atoms with Gasteiger partial charge in [0.1, 0.15) is 0 Å². The van der Waals surface area contributed by atoms with Crippen molar-refractivity contribution in [2.24, 2.45) is 0 Å². The van der Waals surface area contributed by atoms with Crippen molar-refractivity contribution in [1.82, 2.24) is 4.57 Å². The van der Waals surface area contributed by atoms with Gasteiger partial charge in [0.2, 0.25) is 0 Å². The molecule has 84 valence electrons. The third-order valence-corrected chi connectivity index (χ3v) is 3.04. The largest absolute Gasteiger partial charge is 0.478 e. The first-order chi connectivity index (χ1) is 7.67. The van der Waals surface area contributed by atoms with Crippen LogP contribution in [0.2, 0.25) is 0 Å². The number of benzene rings is 1. The van der Waals surface area contributed by atoms with Crippen molar-refractivity contribution in [3.63, 3.8) is 0 Å². The highest BCUT2D eigenvalue weighted by atomic mass is 32.1. The van der Waals surface area contributed by atoms with Gasteiger partial charge in [0.25, 0.3) is 0 Å². The molecule has 0 aliphatic carbocycles. The molecular formula is C12H13NO2S. The molecule has 0 radical (unpaired) electrons. The lowest BCUT2D eigenvalue weighted by atomic mass is 10.1. The van der Waals surface area contributed by atoms with Crippen LogP contribution in [-0.2, 0) is 12.3 Å². The number of aromatic nitrogens is 1. The van der Waals surface area contributed by atoms with E-state index in [1.165, 1.54) is 0 Å². The van der Waals surface area contributed by atoms with Crippen LogP contribution in [0.1, 0.15) is 23.0 Å². The zero-order valence-corrected chi connectivity index (χ0v) is 9.87. The molecule has 0 aliphatic rings. The average Bonchev–Trinajstić information content (AvgIpc) is 2.65. The first kappa shape index (κ1) is 11.1. The highest BCUT2D eigenvalue weighted by Gasteiger charge is 2.09. The summed E-state index contributed by atoms with van der Waals surface area (Å²) in [5, 5.41) is 10.0. The van der Waals surface area contributed by atoms with Gasteiger partial charge in [0.15, 0.2) is 0 Å². The molecule has 1 heterocycles. The normalized spacial score (nSPS) is 10.9. The van der Waals surface area contributed by atoms with Crippen molar-refractivity contribution < 1.29 is 9.90 Å². The highest BCUT2D eigenvalue weighted by Crippen LogP contribution is 2.22. The van der Waals surface area contributed by atoms with Crippen LogP contribution in [0.15, 0.2) is 24.3 Å². The van der Waals surface area contributed by atoms with Crippen LogP contribution in [-0.4, -0.2) is 15.6 Å². The first-order valence-corrected chi connectivity index (χ1v) is 5.77. The number of carboxylic acid groups (broad SMARTS) is 1. The molecule has 0 unspecified atom stereocenters. The van der Waals surface area contributed by atoms with E-state index < -0.39 is 5.97 Å². The third-order valence-electron chi connectivity index (χ3n) is 2.72. The van der Waals surface area contributed by atoms with Crippen LogP contribution in [0.5, 0.6) is 0 Å². The highest BCUT2D eigenvalue weighted by molar-refractivity contribution is 7.79. The number of hydrogen-bond donors (Lipinski definition) is 2. The molecule has 2 rings (SSSR count). The van der Waals surface area contributed by atoms with Gasteiger partial charge in [0, 0.05) is 23.5 Å². The fourth-order valence-electron chi connectivity index (χ4n) is 1.95.